The molecule has 202 valence electrons. The highest BCUT2D eigenvalue weighted by Gasteiger charge is 2.25. The summed E-state index contributed by atoms with van der Waals surface area (Å²) in [7, 11) is 0. The Morgan fingerprint density at radius 1 is 0.778 bits per heavy atom. The minimum Gasteiger partial charge on any atom is -0.494 e. The van der Waals surface area contributed by atoms with Crippen molar-refractivity contribution in [2.75, 3.05) is 6.61 Å². The third-order valence-electron chi connectivity index (χ3n) is 7.94. The third-order valence-corrected chi connectivity index (χ3v) is 8.96. The van der Waals surface area contributed by atoms with Crippen LogP contribution >= 0.6 is 11.3 Å². The van der Waals surface area contributed by atoms with E-state index in [2.05, 4.69) is 49.2 Å². The Kier molecular flexibility index (Phi) is 13.9. The zero-order chi connectivity index (χ0) is 25.4. The van der Waals surface area contributed by atoms with E-state index in [4.69, 9.17) is 4.74 Å². The molecule has 1 aliphatic carbocycles. The van der Waals surface area contributed by atoms with E-state index in [1.54, 1.807) is 0 Å². The molecule has 0 radical (unpaired) electrons. The summed E-state index contributed by atoms with van der Waals surface area (Å²) in [4.78, 5) is 0. The van der Waals surface area contributed by atoms with E-state index < -0.39 is 0 Å². The molecular formula is C32H52N2OS. The van der Waals surface area contributed by atoms with Crippen molar-refractivity contribution in [1.82, 2.24) is 10.2 Å². The molecule has 1 aromatic carbocycles. The second kappa shape index (κ2) is 17.2. The van der Waals surface area contributed by atoms with Gasteiger partial charge in [0.2, 0.25) is 0 Å². The van der Waals surface area contributed by atoms with Crippen molar-refractivity contribution in [3.8, 4) is 16.3 Å². The van der Waals surface area contributed by atoms with Crippen molar-refractivity contribution in [3.63, 3.8) is 0 Å². The Hall–Kier alpha value is -1.42. The van der Waals surface area contributed by atoms with Crippen LogP contribution in [0.1, 0.15) is 146 Å². The normalized spacial score (nSPS) is 18.0. The first kappa shape index (κ1) is 29.1. The van der Waals surface area contributed by atoms with Crippen LogP contribution in [0.3, 0.4) is 0 Å². The SMILES string of the molecule is CCCCCCCCCCc1nnc(-c2ccc(OCCC)cc2C2CCC(CCCCC)CC2)s1. The fraction of sp³-hybridized carbons (Fsp3) is 0.750. The number of aryl methyl sites for hydroxylation is 1. The summed E-state index contributed by atoms with van der Waals surface area (Å²) in [5.74, 6) is 2.56. The number of aromatic nitrogens is 2. The van der Waals surface area contributed by atoms with Gasteiger partial charge in [-0.1, -0.05) is 103 Å². The van der Waals surface area contributed by atoms with Gasteiger partial charge in [-0.25, -0.2) is 0 Å². The first-order chi connectivity index (χ1) is 17.7. The van der Waals surface area contributed by atoms with Gasteiger partial charge in [0.1, 0.15) is 15.8 Å². The Bertz CT molecular complexity index is 840. The van der Waals surface area contributed by atoms with E-state index >= 15 is 0 Å². The molecule has 2 aromatic rings. The fourth-order valence-corrected chi connectivity index (χ4v) is 6.63. The second-order valence-electron chi connectivity index (χ2n) is 11.0. The molecular weight excluding hydrogens is 460 g/mol. The molecule has 36 heavy (non-hydrogen) atoms. The number of ether oxygens (including phenoxy) is 1. The molecule has 1 fully saturated rings. The van der Waals surface area contributed by atoms with Crippen LogP contribution in [0.15, 0.2) is 18.2 Å². The molecule has 0 spiro atoms. The molecule has 0 N–H and O–H groups in total. The van der Waals surface area contributed by atoms with Gasteiger partial charge in [0.15, 0.2) is 0 Å². The number of hydrogen-bond acceptors (Lipinski definition) is 4. The molecule has 1 saturated carbocycles. The van der Waals surface area contributed by atoms with E-state index in [1.165, 1.54) is 119 Å². The summed E-state index contributed by atoms with van der Waals surface area (Å²) in [5, 5.41) is 11.6. The highest BCUT2D eigenvalue weighted by atomic mass is 32.1. The zero-order valence-electron chi connectivity index (χ0n) is 23.5. The Morgan fingerprint density at radius 2 is 1.47 bits per heavy atom. The van der Waals surface area contributed by atoms with Crippen LogP contribution < -0.4 is 4.74 Å². The van der Waals surface area contributed by atoms with E-state index in [-0.39, 0.29) is 0 Å². The van der Waals surface area contributed by atoms with Gasteiger partial charge in [-0.3, -0.25) is 0 Å². The summed E-state index contributed by atoms with van der Waals surface area (Å²) in [5.41, 5.74) is 2.75. The molecule has 3 nitrogen and oxygen atoms in total. The van der Waals surface area contributed by atoms with Gasteiger partial charge in [0.25, 0.3) is 0 Å². The number of hydrogen-bond donors (Lipinski definition) is 0. The van der Waals surface area contributed by atoms with Gasteiger partial charge >= 0.3 is 0 Å². The minimum atomic E-state index is 0.618. The zero-order valence-corrected chi connectivity index (χ0v) is 24.3. The molecule has 0 atom stereocenters. The number of unbranched alkanes of at least 4 members (excludes halogenated alkanes) is 9. The maximum Gasteiger partial charge on any atom is 0.148 e. The van der Waals surface area contributed by atoms with Crippen molar-refractivity contribution < 1.29 is 4.74 Å². The van der Waals surface area contributed by atoms with E-state index in [1.807, 2.05) is 11.3 Å². The monoisotopic (exact) mass is 512 g/mol. The topological polar surface area (TPSA) is 35.0 Å². The van der Waals surface area contributed by atoms with Gasteiger partial charge < -0.3 is 4.74 Å². The third kappa shape index (κ3) is 9.80. The van der Waals surface area contributed by atoms with E-state index in [0.29, 0.717) is 5.92 Å². The number of nitrogens with zero attached hydrogens (tertiary/aromatic N) is 2. The van der Waals surface area contributed by atoms with Crippen LogP contribution in [0.4, 0.5) is 0 Å². The highest BCUT2D eigenvalue weighted by molar-refractivity contribution is 7.14. The lowest BCUT2D eigenvalue weighted by Crippen LogP contribution is -2.14. The van der Waals surface area contributed by atoms with Crippen molar-refractivity contribution >= 4 is 11.3 Å². The maximum absolute atomic E-state index is 6.04. The van der Waals surface area contributed by atoms with Gasteiger partial charge in [0.05, 0.1) is 6.61 Å². The Balaban J connectivity index is 1.59. The fourth-order valence-electron chi connectivity index (χ4n) is 5.70. The molecule has 0 aliphatic heterocycles. The Labute approximate surface area is 225 Å². The largest absolute Gasteiger partial charge is 0.494 e. The molecule has 4 heteroatoms. The van der Waals surface area contributed by atoms with Crippen LogP contribution in [0, 0.1) is 5.92 Å². The average molecular weight is 513 g/mol. The standard InChI is InChI=1S/C32H52N2OS/c1-4-7-9-10-11-12-13-15-17-31-33-34-32(36-31)29-23-22-28(35-24-6-3)25-30(29)27-20-18-26(19-21-27)16-14-8-5-2/h22-23,25-27H,4-21,24H2,1-3H3. The van der Waals surface area contributed by atoms with Gasteiger partial charge in [-0.05, 0) is 74.1 Å². The lowest BCUT2D eigenvalue weighted by Gasteiger charge is -2.30. The lowest BCUT2D eigenvalue weighted by molar-refractivity contribution is 0.300. The lowest BCUT2D eigenvalue weighted by atomic mass is 9.76. The molecule has 0 bridgehead atoms. The van der Waals surface area contributed by atoms with E-state index in [9.17, 15) is 0 Å². The molecule has 1 heterocycles. The molecule has 0 amide bonds. The minimum absolute atomic E-state index is 0.618. The first-order valence-corrected chi connectivity index (χ1v) is 16.2. The highest BCUT2D eigenvalue weighted by Crippen LogP contribution is 2.43. The number of benzene rings is 1. The predicted octanol–water partition coefficient (Wildman–Crippen LogP) is 10.5. The van der Waals surface area contributed by atoms with Crippen LogP contribution in [-0.4, -0.2) is 16.8 Å². The first-order valence-electron chi connectivity index (χ1n) is 15.3. The molecule has 1 aromatic heterocycles. The van der Waals surface area contributed by atoms with Crippen molar-refractivity contribution in [2.45, 2.75) is 142 Å². The maximum atomic E-state index is 6.04. The van der Waals surface area contributed by atoms with Crippen molar-refractivity contribution in [3.05, 3.63) is 28.8 Å². The summed E-state index contributed by atoms with van der Waals surface area (Å²) in [6.45, 7) is 7.54. The predicted molar refractivity (Wildman–Crippen MR) is 156 cm³/mol. The van der Waals surface area contributed by atoms with Crippen LogP contribution in [-0.2, 0) is 6.42 Å². The van der Waals surface area contributed by atoms with Crippen molar-refractivity contribution in [2.24, 2.45) is 5.92 Å². The Morgan fingerprint density at radius 3 is 2.19 bits per heavy atom. The van der Waals surface area contributed by atoms with E-state index in [0.717, 1.165) is 36.1 Å². The summed E-state index contributed by atoms with van der Waals surface area (Å²) < 4.78 is 6.04. The molecule has 0 unspecified atom stereocenters. The van der Waals surface area contributed by atoms with Gasteiger partial charge in [0, 0.05) is 12.0 Å². The summed E-state index contributed by atoms with van der Waals surface area (Å²) in [6, 6.07) is 6.73. The average Bonchev–Trinajstić information content (AvgIpc) is 3.38. The quantitative estimate of drug-likeness (QED) is 0.186. The molecule has 3 rings (SSSR count). The van der Waals surface area contributed by atoms with Crippen molar-refractivity contribution in [1.29, 1.82) is 0 Å². The smallest absolute Gasteiger partial charge is 0.148 e. The molecule has 1 aliphatic rings. The van der Waals surface area contributed by atoms with Crippen LogP contribution in [0.2, 0.25) is 0 Å². The molecule has 0 saturated heterocycles. The van der Waals surface area contributed by atoms with Gasteiger partial charge in [-0.15, -0.1) is 10.2 Å². The number of rotatable bonds is 18. The second-order valence-corrected chi connectivity index (χ2v) is 12.1. The van der Waals surface area contributed by atoms with Gasteiger partial charge in [-0.2, -0.15) is 0 Å². The van der Waals surface area contributed by atoms with Crippen LogP contribution in [0.25, 0.3) is 10.6 Å². The van der Waals surface area contributed by atoms with Crippen LogP contribution in [0.5, 0.6) is 5.75 Å². The summed E-state index contributed by atoms with van der Waals surface area (Å²) >= 11 is 1.81. The summed E-state index contributed by atoms with van der Waals surface area (Å²) in [6.07, 6.45) is 23.8.